The minimum Gasteiger partial charge on any atom is -0.460 e. The number of aliphatic hydroxyl groups excluding tert-OH is 1. The van der Waals surface area contributed by atoms with Crippen LogP contribution in [0.2, 0.25) is 0 Å². The van der Waals surface area contributed by atoms with Crippen molar-refractivity contribution in [3.63, 3.8) is 0 Å². The molecule has 16 heteroatoms. The van der Waals surface area contributed by atoms with E-state index in [4.69, 9.17) is 28.2 Å². The summed E-state index contributed by atoms with van der Waals surface area (Å²) in [6, 6.07) is -1.16. The highest BCUT2D eigenvalue weighted by Gasteiger charge is 2.53. The third kappa shape index (κ3) is 16.2. The van der Waals surface area contributed by atoms with Crippen molar-refractivity contribution in [2.45, 2.75) is 180 Å². The number of hydrogen-bond acceptors (Lipinski definition) is 14. The molecule has 3 aliphatic heterocycles. The SMILES string of the molecule is COC1CC2CCC(C)C(O)(O2)C(=O)C(=O)N2CCCCC2C(=O)OC(C(C)CC2CCC(OP(C)(C)=O)C(OC)C2)CC(=O)C(C)/C=C(\C)C(O)C(OC)C(=O)C(C)CC(C)/C=C/C=C/C=C/1C. The average Bonchev–Trinajstić information content (AvgIpc) is 3.30. The number of esters is 1. The summed E-state index contributed by atoms with van der Waals surface area (Å²) in [5.41, 5.74) is 1.25. The van der Waals surface area contributed by atoms with Crippen LogP contribution in [0.3, 0.4) is 0 Å². The highest BCUT2D eigenvalue weighted by Crippen LogP contribution is 2.45. The fourth-order valence-corrected chi connectivity index (χ4v) is 11.4. The van der Waals surface area contributed by atoms with Crippen molar-refractivity contribution in [1.82, 2.24) is 4.90 Å². The van der Waals surface area contributed by atoms with Crippen molar-refractivity contribution in [2.24, 2.45) is 35.5 Å². The molecule has 1 saturated carbocycles. The van der Waals surface area contributed by atoms with Crippen molar-refractivity contribution in [3.05, 3.63) is 47.6 Å². The number of piperidine rings is 1. The molecule has 2 saturated heterocycles. The number of methoxy groups -OCH3 is 3. The summed E-state index contributed by atoms with van der Waals surface area (Å²) in [5, 5.41) is 23.5. The summed E-state index contributed by atoms with van der Waals surface area (Å²) >= 11 is 0. The molecule has 4 aliphatic rings. The first-order valence-corrected chi connectivity index (χ1v) is 27.7. The first-order valence-electron chi connectivity index (χ1n) is 25.2. The Morgan fingerprint density at radius 2 is 1.57 bits per heavy atom. The van der Waals surface area contributed by atoms with Gasteiger partial charge < -0.3 is 43.3 Å². The van der Waals surface area contributed by atoms with Crippen molar-refractivity contribution in [1.29, 1.82) is 0 Å². The Labute approximate surface area is 411 Å². The molecule has 15 nitrogen and oxygen atoms in total. The summed E-state index contributed by atoms with van der Waals surface area (Å²) < 4.78 is 48.2. The number of Topliss-reactive ketones (excluding diaryl/α,β-unsaturated/α-hetero) is 3. The number of carbonyl (C=O) groups is 5. The van der Waals surface area contributed by atoms with Crippen molar-refractivity contribution < 1.29 is 67.0 Å². The first kappa shape index (κ1) is 58.4. The number of fused-ring (bicyclic) bond motifs is 3. The number of rotatable bonds is 8. The standard InChI is InChI=1S/C53H84NO14P/c1-32-18-14-13-15-19-33(2)44(63-8)30-40-23-21-38(7)53(61,67-40)50(58)51(59)54-25-17-16-20-41(54)52(60)66-45(35(4)28-39-22-24-43(46(29-39)64-9)68-69(11,12)62)31-42(55)34(3)27-37(6)48(57)49(65-10)47(56)36(5)26-32/h13-15,18-19,27,32,34-36,38-41,43-46,48-49,57,61H,16-17,20-26,28-31H2,1-12H3/b15-13+,18-14+,33-19+,37-27+. The van der Waals surface area contributed by atoms with Crippen molar-refractivity contribution in [2.75, 3.05) is 41.2 Å². The maximum Gasteiger partial charge on any atom is 0.329 e. The molecule has 0 radical (unpaired) electrons. The number of allylic oxidation sites excluding steroid dienone is 6. The van der Waals surface area contributed by atoms with E-state index in [1.807, 2.05) is 58.1 Å². The lowest BCUT2D eigenvalue weighted by Crippen LogP contribution is -2.61. The molecule has 3 fully saturated rings. The highest BCUT2D eigenvalue weighted by atomic mass is 31.2. The van der Waals surface area contributed by atoms with Crippen molar-refractivity contribution in [3.8, 4) is 0 Å². The van der Waals surface area contributed by atoms with Crippen molar-refractivity contribution >= 4 is 36.6 Å². The third-order valence-corrected chi connectivity index (χ3v) is 15.6. The summed E-state index contributed by atoms with van der Waals surface area (Å²) in [7, 11) is 1.76. The van der Waals surface area contributed by atoms with Crippen LogP contribution in [0.1, 0.15) is 126 Å². The second-order valence-electron chi connectivity index (χ2n) is 20.9. The van der Waals surface area contributed by atoms with Gasteiger partial charge in [-0.3, -0.25) is 23.7 Å². The Hall–Kier alpha value is -3.14. The fraction of sp³-hybridized carbons (Fsp3) is 0.755. The summed E-state index contributed by atoms with van der Waals surface area (Å²) in [6.07, 6.45) is 11.4. The number of amides is 1. The van der Waals surface area contributed by atoms with Gasteiger partial charge in [-0.1, -0.05) is 71.1 Å². The summed E-state index contributed by atoms with van der Waals surface area (Å²) in [4.78, 5) is 72.2. The molecule has 0 spiro atoms. The topological polar surface area (TPSA) is 201 Å². The number of cyclic esters (lactones) is 1. The van der Waals surface area contributed by atoms with Crippen LogP contribution >= 0.6 is 7.37 Å². The highest BCUT2D eigenvalue weighted by molar-refractivity contribution is 7.57. The molecule has 1 amide bonds. The number of nitrogens with zero attached hydrogens (tertiary/aromatic N) is 1. The summed E-state index contributed by atoms with van der Waals surface area (Å²) in [6.45, 7) is 15.9. The minimum absolute atomic E-state index is 0.0117. The van der Waals surface area contributed by atoms with Gasteiger partial charge in [-0.15, -0.1) is 0 Å². The van der Waals surface area contributed by atoms with E-state index < -0.39 is 85.1 Å². The molecule has 3 heterocycles. The molecule has 0 aromatic heterocycles. The minimum atomic E-state index is -2.79. The predicted octanol–water partition coefficient (Wildman–Crippen LogP) is 7.74. The smallest absolute Gasteiger partial charge is 0.329 e. The van der Waals surface area contributed by atoms with Crippen LogP contribution in [-0.4, -0.2) is 140 Å². The second-order valence-corrected chi connectivity index (χ2v) is 23.6. The van der Waals surface area contributed by atoms with Gasteiger partial charge in [0.2, 0.25) is 5.79 Å². The Bertz CT molecular complexity index is 1940. The largest absolute Gasteiger partial charge is 0.460 e. The first-order chi connectivity index (χ1) is 32.4. The fourth-order valence-electron chi connectivity index (χ4n) is 10.5. The molecule has 0 aromatic carbocycles. The zero-order chi connectivity index (χ0) is 51.4. The summed E-state index contributed by atoms with van der Waals surface area (Å²) in [5.74, 6) is -8.11. The van der Waals surface area contributed by atoms with Gasteiger partial charge in [0, 0.05) is 71.8 Å². The van der Waals surface area contributed by atoms with E-state index in [0.717, 1.165) is 12.0 Å². The van der Waals surface area contributed by atoms with Crippen LogP contribution in [0.15, 0.2) is 47.6 Å². The van der Waals surface area contributed by atoms with E-state index in [1.165, 1.54) is 12.0 Å². The van der Waals surface area contributed by atoms with Gasteiger partial charge >= 0.3 is 5.97 Å². The lowest BCUT2D eigenvalue weighted by Gasteiger charge is -2.42. The van der Waals surface area contributed by atoms with Crippen LogP contribution in [0, 0.1) is 35.5 Å². The lowest BCUT2D eigenvalue weighted by molar-refractivity contribution is -0.265. The van der Waals surface area contributed by atoms with Crippen LogP contribution in [0.4, 0.5) is 0 Å². The van der Waals surface area contributed by atoms with Crippen LogP contribution in [0.25, 0.3) is 0 Å². The van der Waals surface area contributed by atoms with Gasteiger partial charge in [-0.2, -0.15) is 0 Å². The molecule has 69 heavy (non-hydrogen) atoms. The molecule has 2 bridgehead atoms. The maximum atomic E-state index is 14.5. The molecule has 4 rings (SSSR count). The molecule has 2 N–H and O–H groups in total. The van der Waals surface area contributed by atoms with Gasteiger partial charge in [0.05, 0.1) is 24.4 Å². The normalized spacial score (nSPS) is 39.0. The van der Waals surface area contributed by atoms with E-state index in [9.17, 15) is 38.8 Å². The van der Waals surface area contributed by atoms with Gasteiger partial charge in [0.15, 0.2) is 13.2 Å². The Morgan fingerprint density at radius 1 is 0.855 bits per heavy atom. The quantitative estimate of drug-likeness (QED) is 0.104. The second kappa shape index (κ2) is 26.5. The maximum absolute atomic E-state index is 14.5. The Kier molecular flexibility index (Phi) is 22.5. The molecule has 0 aromatic rings. The number of hydrogen-bond donors (Lipinski definition) is 2. The number of carbonyl (C=O) groups excluding carboxylic acids is 5. The molecular formula is C53H84NO14P. The predicted molar refractivity (Wildman–Crippen MR) is 263 cm³/mol. The number of ketones is 3. The third-order valence-electron chi connectivity index (χ3n) is 14.8. The monoisotopic (exact) mass is 990 g/mol. The number of ether oxygens (including phenoxy) is 5. The van der Waals surface area contributed by atoms with Crippen LogP contribution < -0.4 is 0 Å². The van der Waals surface area contributed by atoms with E-state index in [-0.39, 0.29) is 60.9 Å². The molecule has 15 unspecified atom stereocenters. The zero-order valence-electron chi connectivity index (χ0n) is 43.4. The van der Waals surface area contributed by atoms with Crippen LogP contribution in [0.5, 0.6) is 0 Å². The molecule has 390 valence electrons. The van der Waals surface area contributed by atoms with Gasteiger partial charge in [-0.05, 0) is 107 Å². The van der Waals surface area contributed by atoms with E-state index in [0.29, 0.717) is 63.4 Å². The molecule has 1 aliphatic carbocycles. The average molecular weight is 990 g/mol. The molecular weight excluding hydrogens is 906 g/mol. The molecule has 15 atom stereocenters. The lowest BCUT2D eigenvalue weighted by atomic mass is 9.78. The van der Waals surface area contributed by atoms with E-state index >= 15 is 0 Å². The Balaban J connectivity index is 1.70. The Morgan fingerprint density at radius 3 is 2.22 bits per heavy atom. The van der Waals surface area contributed by atoms with E-state index in [2.05, 4.69) is 0 Å². The number of aliphatic hydroxyl groups is 2. The van der Waals surface area contributed by atoms with Gasteiger partial charge in [0.25, 0.3) is 11.7 Å². The zero-order valence-corrected chi connectivity index (χ0v) is 44.3. The van der Waals surface area contributed by atoms with Crippen LogP contribution in [-0.2, 0) is 56.7 Å². The van der Waals surface area contributed by atoms with Gasteiger partial charge in [-0.25, -0.2) is 4.79 Å². The van der Waals surface area contributed by atoms with E-state index in [1.54, 1.807) is 54.4 Å². The van der Waals surface area contributed by atoms with Gasteiger partial charge in [0.1, 0.15) is 30.1 Å².